The van der Waals surface area contributed by atoms with E-state index in [0.717, 1.165) is 47.4 Å². The number of ketones is 3. The highest BCUT2D eigenvalue weighted by Gasteiger charge is 2.53. The first-order chi connectivity index (χ1) is 58.2. The van der Waals surface area contributed by atoms with Crippen molar-refractivity contribution < 1.29 is 95.9 Å². The second-order valence-corrected chi connectivity index (χ2v) is 32.7. The molecule has 3 amide bonds. The summed E-state index contributed by atoms with van der Waals surface area (Å²) in [5.41, 5.74) is 24.2. The fraction of sp³-hybridized carbons (Fsp3) is 0.667. The monoisotopic (exact) mass is 1690 g/mol. The molecule has 4 aromatic heterocycles. The van der Waals surface area contributed by atoms with Gasteiger partial charge in [-0.2, -0.15) is 10.1 Å². The van der Waals surface area contributed by atoms with Gasteiger partial charge in [0.1, 0.15) is 53.5 Å². The van der Waals surface area contributed by atoms with E-state index in [9.17, 15) is 48.9 Å². The highest BCUT2D eigenvalue weighted by Crippen LogP contribution is 2.39. The standard InChI is InChI=1S/C87H130N14O20/c1-55-20-10-9-11-21-56(2)71(112-7)51-64-29-26-60(6)87(111,121-64)81(108)84(109)100-34-17-14-23-67(100)85(110)119-72(52-68(102)57(3)47-59(5)79(106)80(107)78(105)58(4)46-55)65(88)48-61-27-30-70(73(49-61)113-8)118-37-19-15-22-63-53-99(98-96-63)36-39-115-41-43-117-45-44-116-42-40-114-38-33-92-75(104)25-13-12-24-74(103)91-32-16-18-35-101-83-76(82(89)93-54-94-83)77(97-101)62-28-31-69-66(50-62)95-86(90)120-69/h9-11,20-21,28,31,47,50,53-55,57-58,60-61,64-65,67,70-73,79-80,106-107,111H,12-19,22-27,29-30,32-46,48-49,51-52,88H2,1-8H3,(H2,90,95)(H,91,103)(H,92,104)(H2,89,93,94)/b11-9?,20-10+,56-21?,59-47+/t55-,57-,58-,60-,61+,64+,65-,67+,70-,71+,72+,73-,79-,80+,87-/m1/s1. The molecule has 11 N–H and O–H groups in total. The molecule has 4 aliphatic rings. The molecule has 0 radical (unpaired) electrons. The summed E-state index contributed by atoms with van der Waals surface area (Å²) in [6.45, 7) is 15.9. The Bertz CT molecular complexity index is 4280. The summed E-state index contributed by atoms with van der Waals surface area (Å²) in [6, 6.07) is 3.42. The fourth-order valence-corrected chi connectivity index (χ4v) is 16.1. The lowest BCUT2D eigenvalue weighted by molar-refractivity contribution is -0.265. The van der Waals surface area contributed by atoms with E-state index in [1.165, 1.54) is 19.3 Å². The number of esters is 1. The van der Waals surface area contributed by atoms with Crippen LogP contribution in [0.15, 0.2) is 82.7 Å². The third kappa shape index (κ3) is 29.0. The Morgan fingerprint density at radius 2 is 1.47 bits per heavy atom. The average Bonchev–Trinajstić information content (AvgIpc) is 1.52. The van der Waals surface area contributed by atoms with Crippen LogP contribution in [0, 0.1) is 29.6 Å². The van der Waals surface area contributed by atoms with Crippen molar-refractivity contribution in [1.29, 1.82) is 0 Å². The van der Waals surface area contributed by atoms with E-state index in [-0.39, 0.29) is 73.3 Å². The van der Waals surface area contributed by atoms with Crippen LogP contribution >= 0.6 is 0 Å². The van der Waals surface area contributed by atoms with Crippen LogP contribution in [0.3, 0.4) is 0 Å². The summed E-state index contributed by atoms with van der Waals surface area (Å²) in [6.07, 6.45) is 18.1. The summed E-state index contributed by atoms with van der Waals surface area (Å²) in [7, 11) is 3.20. The number of piperidine rings is 1. The topological polar surface area (TPSA) is 469 Å². The number of carbonyl (C=O) groups excluding carboxylic acids is 7. The number of unbranched alkanes of at least 4 members (excludes halogenated alkanes) is 3. The maximum atomic E-state index is 14.7. The van der Waals surface area contributed by atoms with E-state index in [0.29, 0.717) is 209 Å². The largest absolute Gasteiger partial charge is 0.459 e. The Balaban J connectivity index is 0.618. The molecule has 7 heterocycles. The van der Waals surface area contributed by atoms with E-state index in [4.69, 9.17) is 69.3 Å². The Hall–Kier alpha value is -8.65. The number of cyclic esters (lactones) is 1. The second kappa shape index (κ2) is 49.0. The van der Waals surface area contributed by atoms with Gasteiger partial charge in [-0.25, -0.2) is 24.1 Å². The molecule has 2 saturated heterocycles. The van der Waals surface area contributed by atoms with Gasteiger partial charge in [0.25, 0.3) is 17.7 Å². The van der Waals surface area contributed by atoms with E-state index in [1.807, 2.05) is 62.6 Å². The molecule has 9 rings (SSSR count). The predicted molar refractivity (Wildman–Crippen MR) is 450 cm³/mol. The molecule has 1 aliphatic carbocycles. The first kappa shape index (κ1) is 96.2. The molecule has 668 valence electrons. The lowest BCUT2D eigenvalue weighted by atomic mass is 9.80. The first-order valence-corrected chi connectivity index (χ1v) is 43.1. The molecule has 34 heteroatoms. The van der Waals surface area contributed by atoms with E-state index in [1.54, 1.807) is 50.4 Å². The lowest BCUT2D eigenvalue weighted by Gasteiger charge is -2.42. The number of benzene rings is 1. The van der Waals surface area contributed by atoms with Crippen molar-refractivity contribution in [2.75, 3.05) is 105 Å². The number of nitrogens with zero attached hydrogens (tertiary/aromatic N) is 9. The number of amides is 3. The number of carbonyl (C=O) groups is 7. The van der Waals surface area contributed by atoms with Gasteiger partial charge in [-0.15, -0.1) is 5.10 Å². The number of ether oxygens (including phenoxy) is 9. The van der Waals surface area contributed by atoms with Crippen LogP contribution in [0.1, 0.15) is 176 Å². The van der Waals surface area contributed by atoms with Gasteiger partial charge in [-0.05, 0) is 164 Å². The molecule has 15 atom stereocenters. The van der Waals surface area contributed by atoms with Crippen molar-refractivity contribution in [3.05, 3.63) is 84.0 Å². The minimum atomic E-state index is -2.49. The molecular weight excluding hydrogens is 1560 g/mol. The van der Waals surface area contributed by atoms with Crippen LogP contribution in [0.25, 0.3) is 33.4 Å². The number of nitrogen functional groups attached to an aromatic ring is 2. The molecule has 0 spiro atoms. The highest BCUT2D eigenvalue weighted by atomic mass is 16.6. The molecule has 1 aromatic carbocycles. The molecule has 3 fully saturated rings. The number of fused-ring (bicyclic) bond motifs is 5. The van der Waals surface area contributed by atoms with Crippen LogP contribution < -0.4 is 27.8 Å². The van der Waals surface area contributed by atoms with Gasteiger partial charge in [0.05, 0.1) is 94.9 Å². The highest BCUT2D eigenvalue weighted by molar-refractivity contribution is 6.39. The maximum Gasteiger partial charge on any atom is 0.329 e. The number of hydrogen-bond donors (Lipinski definition) is 8. The van der Waals surface area contributed by atoms with Crippen molar-refractivity contribution in [3.63, 3.8) is 0 Å². The van der Waals surface area contributed by atoms with Crippen molar-refractivity contribution in [2.24, 2.45) is 35.3 Å². The number of anilines is 2. The summed E-state index contributed by atoms with van der Waals surface area (Å²) in [5.74, 6) is -8.76. The number of methoxy groups -OCH3 is 2. The van der Waals surface area contributed by atoms with Crippen LogP contribution in [-0.2, 0) is 95.7 Å². The average molecular weight is 1690 g/mol. The number of Topliss-reactive ketones (excluding diaryl/α,β-unsaturated/α-hetero) is 3. The Morgan fingerprint density at radius 3 is 2.21 bits per heavy atom. The molecule has 0 unspecified atom stereocenters. The zero-order valence-corrected chi connectivity index (χ0v) is 71.7. The van der Waals surface area contributed by atoms with E-state index in [2.05, 4.69) is 35.9 Å². The number of hydrogen-bond acceptors (Lipinski definition) is 29. The SMILES string of the molecule is CO[C@H]1C[C@@H]2CC[C@@H](C)[C@@](O)(O2)C(=O)C(=O)N2CCCC[C@H]2C(=O)O[C@H]([C@H](N)C[C@@H]2CC[C@@H](OCCCCc3cn(CCOCCOCCOCCOCCNC(=O)CCCCC(=O)NCCCCn4nc(-c5ccc6oc(N)nc6c5)c5c(N)ncnc54)nn3)[C@H](OC)C2)CC(=O)[C@H](C)/C=C(\C)[C@@H](O)[C@@H](O)C(=O)[C@H](C)C[C@H](C)/C=C/C=CC=C1C. The molecule has 3 aliphatic heterocycles. The number of aryl methyl sites for hydroxylation is 2. The van der Waals surface area contributed by atoms with Gasteiger partial charge in [0, 0.05) is 108 Å². The quantitative estimate of drug-likeness (QED) is 0.00836. The molecular formula is C87H130N14O20. The minimum Gasteiger partial charge on any atom is -0.459 e. The number of allylic oxidation sites excluding steroid dienone is 6. The number of aliphatic hydroxyl groups excluding tert-OH is 2. The van der Waals surface area contributed by atoms with Crippen molar-refractivity contribution in [2.45, 2.75) is 250 Å². The van der Waals surface area contributed by atoms with Gasteiger partial charge in [-0.1, -0.05) is 69.4 Å². The number of nitrogens with one attached hydrogen (secondary N) is 2. The number of aromatic nitrogens is 8. The summed E-state index contributed by atoms with van der Waals surface area (Å²) >= 11 is 0. The van der Waals surface area contributed by atoms with Crippen molar-refractivity contribution >= 4 is 75.0 Å². The van der Waals surface area contributed by atoms with Gasteiger partial charge in [0.2, 0.25) is 17.6 Å². The summed E-state index contributed by atoms with van der Waals surface area (Å²) in [4.78, 5) is 110. The van der Waals surface area contributed by atoms with Crippen molar-refractivity contribution in [3.8, 4) is 11.3 Å². The van der Waals surface area contributed by atoms with Crippen LogP contribution in [0.4, 0.5) is 11.8 Å². The predicted octanol–water partition coefficient (Wildman–Crippen LogP) is 7.31. The third-order valence-corrected chi connectivity index (χ3v) is 23.3. The maximum absolute atomic E-state index is 14.7. The van der Waals surface area contributed by atoms with E-state index < -0.39 is 95.4 Å². The fourth-order valence-electron chi connectivity index (χ4n) is 16.1. The minimum absolute atomic E-state index is 0.0238. The van der Waals surface area contributed by atoms with Crippen LogP contribution in [-0.4, -0.2) is 255 Å². The number of rotatable bonds is 37. The smallest absolute Gasteiger partial charge is 0.329 e. The molecule has 121 heavy (non-hydrogen) atoms. The second-order valence-electron chi connectivity index (χ2n) is 32.7. The van der Waals surface area contributed by atoms with Gasteiger partial charge >= 0.3 is 5.97 Å². The van der Waals surface area contributed by atoms with Gasteiger partial charge < -0.3 is 95.1 Å². The Morgan fingerprint density at radius 1 is 0.744 bits per heavy atom. The normalized spacial score (nSPS) is 26.5. The van der Waals surface area contributed by atoms with Crippen LogP contribution in [0.5, 0.6) is 0 Å². The van der Waals surface area contributed by atoms with E-state index >= 15 is 0 Å². The molecule has 2 bridgehead atoms. The Labute approximate surface area is 708 Å². The summed E-state index contributed by atoms with van der Waals surface area (Å²) in [5, 5.41) is 54.5. The summed E-state index contributed by atoms with van der Waals surface area (Å²) < 4.78 is 62.4. The molecule has 34 nitrogen and oxygen atoms in total. The zero-order valence-electron chi connectivity index (χ0n) is 71.7. The number of oxazole rings is 1. The van der Waals surface area contributed by atoms with Gasteiger partial charge in [0.15, 0.2) is 17.0 Å². The van der Waals surface area contributed by atoms with Crippen molar-refractivity contribution in [1.82, 2.24) is 55.3 Å². The lowest BCUT2D eigenvalue weighted by Crippen LogP contribution is -2.61. The van der Waals surface area contributed by atoms with Gasteiger partial charge in [-0.3, -0.25) is 28.8 Å². The molecule has 5 aromatic rings. The van der Waals surface area contributed by atoms with Crippen LogP contribution in [0.2, 0.25) is 0 Å². The Kier molecular flexibility index (Phi) is 38.9. The number of aliphatic hydroxyl groups is 3. The zero-order chi connectivity index (χ0) is 87.0. The molecule has 1 saturated carbocycles. The first-order valence-electron chi connectivity index (χ1n) is 43.1. The third-order valence-electron chi connectivity index (χ3n) is 23.3. The number of nitrogens with two attached hydrogens (primary N) is 3.